The molecule has 0 aliphatic rings. The summed E-state index contributed by atoms with van der Waals surface area (Å²) in [5, 5.41) is 0. The molecule has 0 amide bonds. The molecule has 2 nitrogen and oxygen atoms in total. The minimum Gasteiger partial charge on any atom is -0.429 e. The predicted octanol–water partition coefficient (Wildman–Crippen LogP) is 12.0. The molecule has 0 fully saturated rings. The summed E-state index contributed by atoms with van der Waals surface area (Å²) in [4.78, 5) is 0. The van der Waals surface area contributed by atoms with Crippen LogP contribution in [-0.2, 0) is 12.5 Å². The molecule has 0 aliphatic heterocycles. The van der Waals surface area contributed by atoms with Crippen molar-refractivity contribution < 1.29 is 49.0 Å². The van der Waals surface area contributed by atoms with E-state index in [-0.39, 0.29) is 22.3 Å². The van der Waals surface area contributed by atoms with Crippen molar-refractivity contribution in [3.63, 3.8) is 0 Å². The van der Waals surface area contributed by atoms with E-state index < -0.39 is 52.8 Å². The number of unbranched alkanes of at least 4 members (excludes halogenated alkanes) is 2. The molecule has 0 radical (unpaired) electrons. The van der Waals surface area contributed by atoms with Gasteiger partial charge in [0.2, 0.25) is 5.75 Å². The Hall–Kier alpha value is -4.93. The van der Waals surface area contributed by atoms with Crippen molar-refractivity contribution in [2.24, 2.45) is 0 Å². The first-order valence-electron chi connectivity index (χ1n) is 14.9. The number of alkyl halides is 5. The summed E-state index contributed by atoms with van der Waals surface area (Å²) in [6.07, 6.45) is -5.22. The molecule has 0 N–H and O–H groups in total. The Morgan fingerprint density at radius 1 is 0.521 bits per heavy atom. The van der Waals surface area contributed by atoms with Crippen molar-refractivity contribution >= 4 is 0 Å². The van der Waals surface area contributed by atoms with Crippen molar-refractivity contribution in [2.45, 2.75) is 45.1 Å². The van der Waals surface area contributed by atoms with Gasteiger partial charge in [-0.15, -0.1) is 13.2 Å². The first-order valence-corrected chi connectivity index (χ1v) is 14.9. The van der Waals surface area contributed by atoms with Gasteiger partial charge in [0.05, 0.1) is 5.56 Å². The van der Waals surface area contributed by atoms with Gasteiger partial charge >= 0.3 is 12.5 Å². The van der Waals surface area contributed by atoms with Gasteiger partial charge in [-0.1, -0.05) is 74.4 Å². The standard InChI is InChI=1S/C37H27F9O2/c1-2-3-4-5-22-6-8-23(9-7-22)25-12-16-29(31(38)18-25)26-13-17-30(32(39)19-26)36(42,43)47-28-14-10-24(11-15-28)27-20-33(40)35(34(41)21-27)48-37(44,45)46/h6-21H,2-5H2,1H3. The van der Waals surface area contributed by atoms with E-state index in [1.54, 1.807) is 6.07 Å². The number of halogens is 9. The van der Waals surface area contributed by atoms with Gasteiger partial charge in [-0.3, -0.25) is 0 Å². The van der Waals surface area contributed by atoms with Gasteiger partial charge in [-0.2, -0.15) is 8.78 Å². The zero-order valence-corrected chi connectivity index (χ0v) is 25.3. The zero-order chi connectivity index (χ0) is 34.6. The molecular formula is C37H27F9O2. The van der Waals surface area contributed by atoms with E-state index in [4.69, 9.17) is 4.74 Å². The summed E-state index contributed by atoms with van der Waals surface area (Å²) < 4.78 is 134. The third-order valence-electron chi connectivity index (χ3n) is 7.57. The predicted molar refractivity (Wildman–Crippen MR) is 163 cm³/mol. The van der Waals surface area contributed by atoms with E-state index in [2.05, 4.69) is 11.7 Å². The molecule has 0 saturated heterocycles. The quantitative estimate of drug-likeness (QED) is 0.103. The number of rotatable bonds is 11. The van der Waals surface area contributed by atoms with Crippen LogP contribution in [0.15, 0.2) is 97.1 Å². The van der Waals surface area contributed by atoms with E-state index in [1.165, 1.54) is 17.7 Å². The third kappa shape index (κ3) is 8.13. The highest BCUT2D eigenvalue weighted by atomic mass is 19.4. The van der Waals surface area contributed by atoms with Crippen molar-refractivity contribution in [1.29, 1.82) is 0 Å². The maximum absolute atomic E-state index is 15.2. The van der Waals surface area contributed by atoms with Gasteiger partial charge in [0.1, 0.15) is 17.4 Å². The number of benzene rings is 5. The molecule has 0 spiro atoms. The normalized spacial score (nSPS) is 11.9. The fraction of sp³-hybridized carbons (Fsp3) is 0.189. The fourth-order valence-corrected chi connectivity index (χ4v) is 5.15. The van der Waals surface area contributed by atoms with E-state index in [1.807, 2.05) is 24.3 Å². The summed E-state index contributed by atoms with van der Waals surface area (Å²) in [6.45, 7) is 2.13. The third-order valence-corrected chi connectivity index (χ3v) is 7.57. The lowest BCUT2D eigenvalue weighted by molar-refractivity contribution is -0.276. The molecule has 0 unspecified atom stereocenters. The second kappa shape index (κ2) is 14.0. The topological polar surface area (TPSA) is 18.5 Å². The van der Waals surface area contributed by atoms with Gasteiger partial charge in [0.15, 0.2) is 11.6 Å². The van der Waals surface area contributed by atoms with Gasteiger partial charge in [0.25, 0.3) is 0 Å². The number of hydrogen-bond donors (Lipinski definition) is 0. The molecule has 5 aromatic carbocycles. The Labute approximate surface area is 270 Å². The number of ether oxygens (including phenoxy) is 2. The molecule has 11 heteroatoms. The second-order valence-electron chi connectivity index (χ2n) is 11.0. The largest absolute Gasteiger partial charge is 0.573 e. The lowest BCUT2D eigenvalue weighted by atomic mass is 9.97. The lowest BCUT2D eigenvalue weighted by Crippen LogP contribution is -2.23. The molecule has 5 rings (SSSR count). The van der Waals surface area contributed by atoms with Crippen molar-refractivity contribution in [2.75, 3.05) is 0 Å². The summed E-state index contributed by atoms with van der Waals surface area (Å²) in [5.74, 6) is -7.39. The molecule has 250 valence electrons. The molecule has 0 aliphatic carbocycles. The van der Waals surface area contributed by atoms with Gasteiger partial charge < -0.3 is 9.47 Å². The monoisotopic (exact) mass is 674 g/mol. The maximum atomic E-state index is 15.2. The smallest absolute Gasteiger partial charge is 0.429 e. The van der Waals surface area contributed by atoms with Gasteiger partial charge in [0, 0.05) is 5.56 Å². The summed E-state index contributed by atoms with van der Waals surface area (Å²) in [7, 11) is 0. The summed E-state index contributed by atoms with van der Waals surface area (Å²) >= 11 is 0. The van der Waals surface area contributed by atoms with Crippen LogP contribution in [0.4, 0.5) is 39.5 Å². The van der Waals surface area contributed by atoms with Crippen LogP contribution in [0.25, 0.3) is 33.4 Å². The Balaban J connectivity index is 1.29. The fourth-order valence-electron chi connectivity index (χ4n) is 5.15. The van der Waals surface area contributed by atoms with E-state index >= 15 is 17.6 Å². The zero-order valence-electron chi connectivity index (χ0n) is 25.3. The van der Waals surface area contributed by atoms with Crippen LogP contribution in [0, 0.1) is 23.3 Å². The van der Waals surface area contributed by atoms with Crippen molar-refractivity contribution in [3.05, 3.63) is 131 Å². The number of hydrogen-bond acceptors (Lipinski definition) is 2. The van der Waals surface area contributed by atoms with E-state index in [0.717, 1.165) is 73.7 Å². The minimum atomic E-state index is -5.32. The Kier molecular flexibility index (Phi) is 10.1. The van der Waals surface area contributed by atoms with Gasteiger partial charge in [-0.25, -0.2) is 17.6 Å². The summed E-state index contributed by atoms with van der Waals surface area (Å²) in [6, 6.07) is 20.3. The molecule has 48 heavy (non-hydrogen) atoms. The van der Waals surface area contributed by atoms with Crippen LogP contribution < -0.4 is 9.47 Å². The first kappa shape index (κ1) is 34.4. The molecule has 0 bridgehead atoms. The van der Waals surface area contributed by atoms with Crippen LogP contribution in [0.3, 0.4) is 0 Å². The highest BCUT2D eigenvalue weighted by Crippen LogP contribution is 2.38. The number of aryl methyl sites for hydroxylation is 1. The van der Waals surface area contributed by atoms with Crippen molar-refractivity contribution in [1.82, 2.24) is 0 Å². The molecule has 0 aromatic heterocycles. The average molecular weight is 675 g/mol. The van der Waals surface area contributed by atoms with E-state index in [0.29, 0.717) is 17.7 Å². The second-order valence-corrected chi connectivity index (χ2v) is 11.0. The van der Waals surface area contributed by atoms with Crippen LogP contribution in [0.5, 0.6) is 11.5 Å². The molecule has 0 heterocycles. The Bertz CT molecular complexity index is 1860. The molecular weight excluding hydrogens is 647 g/mol. The summed E-state index contributed by atoms with van der Waals surface area (Å²) in [5.41, 5.74) is 1.30. The maximum Gasteiger partial charge on any atom is 0.573 e. The molecule has 0 atom stereocenters. The van der Waals surface area contributed by atoms with E-state index in [9.17, 15) is 22.0 Å². The lowest BCUT2D eigenvalue weighted by Gasteiger charge is -2.19. The Morgan fingerprint density at radius 2 is 1.06 bits per heavy atom. The highest BCUT2D eigenvalue weighted by molar-refractivity contribution is 5.71. The average Bonchev–Trinajstić information content (AvgIpc) is 3.02. The SMILES string of the molecule is CCCCCc1ccc(-c2ccc(-c3ccc(C(F)(F)Oc4ccc(-c5cc(F)c(OC(F)(F)F)c(F)c5)cc4)c(F)c3)c(F)c2)cc1. The van der Waals surface area contributed by atoms with Gasteiger partial charge in [-0.05, 0) is 88.7 Å². The minimum absolute atomic E-state index is 0.00563. The molecule has 0 saturated carbocycles. The first-order chi connectivity index (χ1) is 22.7. The van der Waals surface area contributed by atoms with Crippen LogP contribution in [-0.4, -0.2) is 6.36 Å². The van der Waals surface area contributed by atoms with Crippen LogP contribution in [0.2, 0.25) is 0 Å². The van der Waals surface area contributed by atoms with Crippen LogP contribution in [0.1, 0.15) is 37.3 Å². The Morgan fingerprint density at radius 3 is 1.65 bits per heavy atom. The highest BCUT2D eigenvalue weighted by Gasteiger charge is 2.38. The molecule has 5 aromatic rings. The van der Waals surface area contributed by atoms with Crippen LogP contribution >= 0.6 is 0 Å². The van der Waals surface area contributed by atoms with Crippen molar-refractivity contribution in [3.8, 4) is 44.9 Å².